The molecule has 0 aliphatic carbocycles. The number of amides is 4. The number of unbranched alkanes of at least 4 members (excludes halogenated alkanes) is 5. The Balaban J connectivity index is 0.756. The number of hydrogen-bond donors (Lipinski definition) is 7. The van der Waals surface area contributed by atoms with Crippen LogP contribution in [0.1, 0.15) is 128 Å². The van der Waals surface area contributed by atoms with Crippen LogP contribution in [0.15, 0.2) is 132 Å². The summed E-state index contributed by atoms with van der Waals surface area (Å²) in [5.41, 5.74) is 15.0. The fraction of sp³-hybridized carbons (Fsp3) is 0.472. The first kappa shape index (κ1) is 76.5. The fourth-order valence-electron chi connectivity index (χ4n) is 12.7. The van der Waals surface area contributed by atoms with Crippen LogP contribution in [0, 0.1) is 0 Å². The second kappa shape index (κ2) is 36.2. The smallest absolute Gasteiger partial charge is 0.303 e. The molecule has 99 heavy (non-hydrogen) atoms. The summed E-state index contributed by atoms with van der Waals surface area (Å²) in [5.74, 6) is -2.16. The number of benzene rings is 4. The number of anilines is 2. The number of para-hydroxylation sites is 2. The number of nitrogens with one attached hydrogen (secondary N) is 3. The van der Waals surface area contributed by atoms with Gasteiger partial charge in [-0.25, -0.2) is 4.68 Å². The first-order valence-corrected chi connectivity index (χ1v) is 37.0. The van der Waals surface area contributed by atoms with Gasteiger partial charge in [-0.3, -0.25) is 33.1 Å². The number of carboxylic acid groups (broad SMARTS) is 1. The average molecular weight is 1400 g/mol. The molecule has 3 aliphatic rings. The van der Waals surface area contributed by atoms with Crippen molar-refractivity contribution in [2.75, 3.05) is 87.9 Å². The van der Waals surface area contributed by atoms with E-state index < -0.39 is 43.4 Å². The van der Waals surface area contributed by atoms with Gasteiger partial charge in [0.25, 0.3) is 20.2 Å². The van der Waals surface area contributed by atoms with Crippen molar-refractivity contribution >= 4 is 72.6 Å². The van der Waals surface area contributed by atoms with E-state index in [-0.39, 0.29) is 72.7 Å². The molecule has 0 bridgehead atoms. The molecule has 8 rings (SSSR count). The third-order valence-electron chi connectivity index (χ3n) is 17.9. The number of aliphatic carboxylic acids is 1. The number of rotatable bonds is 40. The third kappa shape index (κ3) is 21.4. The van der Waals surface area contributed by atoms with E-state index in [1.54, 1.807) is 15.6 Å². The Kier molecular flexibility index (Phi) is 27.9. The number of carbonyl (C=O) groups excluding carboxylic acids is 4. The zero-order valence-corrected chi connectivity index (χ0v) is 58.7. The Morgan fingerprint density at radius 1 is 0.657 bits per heavy atom. The van der Waals surface area contributed by atoms with Gasteiger partial charge < -0.3 is 50.8 Å². The molecule has 25 nitrogen and oxygen atoms in total. The van der Waals surface area contributed by atoms with Crippen molar-refractivity contribution in [1.82, 2.24) is 30.9 Å². The highest BCUT2D eigenvalue weighted by Crippen LogP contribution is 2.49. The Morgan fingerprint density at radius 3 is 2.04 bits per heavy atom. The number of allylic oxidation sites excluding steroid dienone is 6. The number of nitrogens with zero attached hydrogens (tertiary/aromatic N) is 6. The van der Waals surface area contributed by atoms with Gasteiger partial charge in [0.05, 0.1) is 86.2 Å². The van der Waals surface area contributed by atoms with Gasteiger partial charge in [0.15, 0.2) is 5.71 Å². The molecule has 8 N–H and O–H groups in total. The minimum atomic E-state index is -4.48. The van der Waals surface area contributed by atoms with E-state index in [0.717, 1.165) is 71.7 Å². The van der Waals surface area contributed by atoms with E-state index in [1.807, 2.05) is 104 Å². The lowest BCUT2D eigenvalue weighted by Crippen LogP contribution is -2.41. The first-order valence-electron chi connectivity index (χ1n) is 33.9. The number of aromatic nitrogens is 3. The lowest BCUT2D eigenvalue weighted by molar-refractivity contribution is -0.438. The van der Waals surface area contributed by atoms with E-state index in [1.165, 1.54) is 17.7 Å². The predicted molar refractivity (Wildman–Crippen MR) is 378 cm³/mol. The number of carboxylic acids is 1. The van der Waals surface area contributed by atoms with E-state index in [2.05, 4.69) is 62.9 Å². The number of nitrogens with two attached hydrogens (primary N) is 1. The highest BCUT2D eigenvalue weighted by molar-refractivity contribution is 7.86. The lowest BCUT2D eigenvalue weighted by Gasteiger charge is -2.29. The molecular weight excluding hydrogens is 1310 g/mol. The van der Waals surface area contributed by atoms with Crippen LogP contribution in [-0.4, -0.2) is 170 Å². The molecule has 0 unspecified atom stereocenters. The van der Waals surface area contributed by atoms with Crippen LogP contribution < -0.4 is 31.5 Å². The summed E-state index contributed by atoms with van der Waals surface area (Å²) in [4.78, 5) is 65.9. The van der Waals surface area contributed by atoms with Gasteiger partial charge in [-0.2, -0.15) is 21.4 Å². The van der Waals surface area contributed by atoms with Gasteiger partial charge in [0, 0.05) is 104 Å². The van der Waals surface area contributed by atoms with Gasteiger partial charge >= 0.3 is 5.97 Å². The molecule has 4 amide bonds. The summed E-state index contributed by atoms with van der Waals surface area (Å²) < 4.78 is 88.3. The quantitative estimate of drug-likeness (QED) is 0.00838. The molecule has 0 saturated carbocycles. The summed E-state index contributed by atoms with van der Waals surface area (Å²) in [6.45, 7) is 12.9. The van der Waals surface area contributed by atoms with Gasteiger partial charge in [-0.1, -0.05) is 111 Å². The molecule has 0 fully saturated rings. The third-order valence-corrected chi connectivity index (χ3v) is 19.6. The van der Waals surface area contributed by atoms with Gasteiger partial charge in [-0.15, -0.1) is 5.10 Å². The number of hydrogen-bond acceptors (Lipinski definition) is 16. The fourth-order valence-corrected chi connectivity index (χ4v) is 13.7. The molecule has 0 radical (unpaired) electrons. The molecule has 0 spiro atoms. The van der Waals surface area contributed by atoms with Crippen molar-refractivity contribution in [2.45, 2.75) is 146 Å². The molecule has 1 atom stereocenters. The SMILES string of the molecule is CC1(C)C(/C=C/C=C/C=C2\N(CCCS(=O)(=O)O)c3ccc(S(=O)(=O)O)cc3C2(C)C)=[N+](CCCCCCC(=O)NCCC(=O)N2Cc3ccccc3-c3nnn(CCOCCOCCOCCNC(=O)CCCCCNC(=O)[C@H](N)CCC(=O)O)c3-c3ccccc32)c2ccccc21. The number of ether oxygens (including phenoxy) is 3. The van der Waals surface area contributed by atoms with Crippen LogP contribution in [0.5, 0.6) is 0 Å². The molecule has 5 aromatic rings. The summed E-state index contributed by atoms with van der Waals surface area (Å²) in [7, 11) is -8.69. The van der Waals surface area contributed by atoms with Crippen LogP contribution in [0.3, 0.4) is 0 Å². The second-order valence-corrected chi connectivity index (χ2v) is 28.8. The summed E-state index contributed by atoms with van der Waals surface area (Å²) >= 11 is 0. The second-order valence-electron chi connectivity index (χ2n) is 25.8. The van der Waals surface area contributed by atoms with E-state index in [9.17, 15) is 49.9 Å². The largest absolute Gasteiger partial charge is 0.481 e. The highest BCUT2D eigenvalue weighted by atomic mass is 32.2. The Labute approximate surface area is 580 Å². The van der Waals surface area contributed by atoms with E-state index >= 15 is 0 Å². The Hall–Kier alpha value is -8.28. The number of carbonyl (C=O) groups is 5. The maximum absolute atomic E-state index is 14.3. The predicted octanol–water partition coefficient (Wildman–Crippen LogP) is 8.35. The minimum absolute atomic E-state index is 0.0756. The maximum atomic E-state index is 14.3. The van der Waals surface area contributed by atoms with Gasteiger partial charge in [-0.05, 0) is 93.8 Å². The zero-order valence-electron chi connectivity index (χ0n) is 57.0. The number of fused-ring (bicyclic) bond motifs is 7. The zero-order chi connectivity index (χ0) is 71.2. The summed E-state index contributed by atoms with van der Waals surface area (Å²) in [6.07, 6.45) is 16.0. The van der Waals surface area contributed by atoms with Gasteiger partial charge in [0.1, 0.15) is 12.2 Å². The standard InChI is InChI=1S/C72H94N10O15S2/c1-71(2)56-25-16-18-27-60(56)79(62(71)28-9-7-10-29-63-72(3,4)57-50-53(99(92,93)94)32-34-61(57)80(63)41-21-49-98(89,90)91)40-20-6-5-11-30-64(83)74-38-36-66(85)81-51-52-22-13-14-23-54(52)68-69(55-24-15-17-26-59(55)81)82(78-77-68)42-44-96-46-48-97-47-45-95-43-39-75-65(84)31-12-8-19-37-76-70(88)58(73)33-35-67(86)87/h7,9-10,13-18,22-29,32,34,50,58H,5-6,8,11-12,19-21,30-31,33,35-49,51,73H2,1-4H3,(H5-,74,75,76,83,84,86,87,88,89,90,91,92,93,94)/p+1/t58-/m1/s1. The first-order chi connectivity index (χ1) is 47.4. The van der Waals surface area contributed by atoms with Crippen molar-refractivity contribution in [3.8, 4) is 22.5 Å². The monoisotopic (exact) mass is 1400 g/mol. The molecule has 3 aliphatic heterocycles. The molecule has 1 aromatic heterocycles. The Morgan fingerprint density at radius 2 is 1.31 bits per heavy atom. The van der Waals surface area contributed by atoms with Crippen LogP contribution >= 0.6 is 0 Å². The van der Waals surface area contributed by atoms with Crippen LogP contribution in [0.25, 0.3) is 22.5 Å². The van der Waals surface area contributed by atoms with Crippen LogP contribution in [0.4, 0.5) is 17.1 Å². The molecule has 4 heterocycles. The van der Waals surface area contributed by atoms with Crippen molar-refractivity contribution in [3.63, 3.8) is 0 Å². The van der Waals surface area contributed by atoms with Crippen molar-refractivity contribution < 1.29 is 73.8 Å². The maximum Gasteiger partial charge on any atom is 0.303 e. The average Bonchev–Trinajstić information content (AvgIpc) is 1.66. The molecular formula is C72H95N10O15S2+. The summed E-state index contributed by atoms with van der Waals surface area (Å²) in [5, 5.41) is 26.5. The molecule has 27 heteroatoms. The van der Waals surface area contributed by atoms with Crippen molar-refractivity contribution in [2.24, 2.45) is 5.73 Å². The lowest BCUT2D eigenvalue weighted by atomic mass is 9.81. The van der Waals surface area contributed by atoms with E-state index in [0.29, 0.717) is 121 Å². The van der Waals surface area contributed by atoms with Crippen LogP contribution in [0.2, 0.25) is 0 Å². The topological polar surface area (TPSA) is 344 Å². The van der Waals surface area contributed by atoms with Gasteiger partial charge in [0.2, 0.25) is 29.3 Å². The highest BCUT2D eigenvalue weighted by Gasteiger charge is 2.44. The molecule has 534 valence electrons. The Bertz CT molecular complexity index is 4010. The normalized spacial score (nSPS) is 15.3. The molecule has 4 aromatic carbocycles. The minimum Gasteiger partial charge on any atom is -0.481 e. The molecule has 0 saturated heterocycles. The van der Waals surface area contributed by atoms with Crippen LogP contribution in [-0.2, 0) is 82.3 Å². The van der Waals surface area contributed by atoms with E-state index in [4.69, 9.17) is 25.1 Å². The van der Waals surface area contributed by atoms with Crippen molar-refractivity contribution in [3.05, 3.63) is 144 Å². The van der Waals surface area contributed by atoms with Crippen molar-refractivity contribution in [1.29, 1.82) is 0 Å². The summed E-state index contributed by atoms with van der Waals surface area (Å²) in [6, 6.07) is 27.4.